The van der Waals surface area contributed by atoms with E-state index in [2.05, 4.69) is 45.9 Å². The predicted octanol–water partition coefficient (Wildman–Crippen LogP) is 4.07. The highest BCUT2D eigenvalue weighted by Gasteiger charge is 2.35. The Balaban J connectivity index is 1.61. The van der Waals surface area contributed by atoms with E-state index >= 15 is 0 Å². The summed E-state index contributed by atoms with van der Waals surface area (Å²) < 4.78 is 6.62. The van der Waals surface area contributed by atoms with Crippen molar-refractivity contribution in [3.05, 3.63) is 43.9 Å². The van der Waals surface area contributed by atoms with Gasteiger partial charge in [0, 0.05) is 12.0 Å². The summed E-state index contributed by atoms with van der Waals surface area (Å²) in [6.45, 7) is 6.20. The lowest BCUT2D eigenvalue weighted by atomic mass is 9.75. The second-order valence-electron chi connectivity index (χ2n) is 6.99. The zero-order valence-corrected chi connectivity index (χ0v) is 16.6. The first kappa shape index (κ1) is 18.0. The summed E-state index contributed by atoms with van der Waals surface area (Å²) in [6.07, 6.45) is 1.65. The number of amides is 3. The van der Waals surface area contributed by atoms with Crippen molar-refractivity contribution < 1.29 is 14.0 Å². The van der Waals surface area contributed by atoms with Gasteiger partial charge in [-0.05, 0) is 52.9 Å². The number of rotatable bonds is 2. The molecule has 0 bridgehead atoms. The molecule has 6 nitrogen and oxygen atoms in total. The van der Waals surface area contributed by atoms with Gasteiger partial charge >= 0.3 is 6.03 Å². The Morgan fingerprint density at radius 3 is 2.76 bits per heavy atom. The molecule has 0 aliphatic heterocycles. The number of hydrogen-bond donors (Lipinski definition) is 3. The van der Waals surface area contributed by atoms with Crippen LogP contribution in [0.4, 0.5) is 4.79 Å². The molecule has 2 heterocycles. The van der Waals surface area contributed by atoms with Crippen LogP contribution in [0.1, 0.15) is 53.1 Å². The number of halogens is 1. The Kier molecular flexibility index (Phi) is 4.92. The minimum absolute atomic E-state index is 0.0295. The Labute approximate surface area is 158 Å². The highest BCUT2D eigenvalue weighted by atomic mass is 79.9. The van der Waals surface area contributed by atoms with Gasteiger partial charge in [-0.1, -0.05) is 13.8 Å². The van der Waals surface area contributed by atoms with Crippen molar-refractivity contribution in [2.24, 2.45) is 5.41 Å². The fourth-order valence-electron chi connectivity index (χ4n) is 3.12. The number of nitrogens with one attached hydrogen (secondary N) is 3. The van der Waals surface area contributed by atoms with Crippen molar-refractivity contribution in [1.29, 1.82) is 0 Å². The number of carbonyl (C=O) groups is 2. The molecular formula is C17H20BrN3O3S. The van der Waals surface area contributed by atoms with Gasteiger partial charge in [-0.2, -0.15) is 0 Å². The van der Waals surface area contributed by atoms with Gasteiger partial charge in [-0.25, -0.2) is 10.2 Å². The third-order valence-corrected chi connectivity index (χ3v) is 5.75. The van der Waals surface area contributed by atoms with E-state index in [0.717, 1.165) is 33.7 Å². The molecule has 1 aliphatic carbocycles. The van der Waals surface area contributed by atoms with Gasteiger partial charge in [0.2, 0.25) is 0 Å². The summed E-state index contributed by atoms with van der Waals surface area (Å²) in [5.41, 5.74) is 5.87. The number of fused-ring (bicyclic) bond motifs is 1. The lowest BCUT2D eigenvalue weighted by Gasteiger charge is -2.34. The summed E-state index contributed by atoms with van der Waals surface area (Å²) in [4.78, 5) is 24.7. The van der Waals surface area contributed by atoms with E-state index in [4.69, 9.17) is 4.42 Å². The first-order chi connectivity index (χ1) is 11.7. The van der Waals surface area contributed by atoms with E-state index in [9.17, 15) is 9.59 Å². The second kappa shape index (κ2) is 6.84. The molecule has 2 aromatic heterocycles. The van der Waals surface area contributed by atoms with Crippen LogP contribution in [0.3, 0.4) is 0 Å². The fourth-order valence-corrected chi connectivity index (χ4v) is 4.40. The minimum Gasteiger partial charge on any atom is -0.466 e. The van der Waals surface area contributed by atoms with Crippen LogP contribution >= 0.6 is 27.3 Å². The Morgan fingerprint density at radius 2 is 2.08 bits per heavy atom. The van der Waals surface area contributed by atoms with Crippen LogP contribution in [0.15, 0.2) is 26.4 Å². The summed E-state index contributed by atoms with van der Waals surface area (Å²) in [5, 5.41) is 2.93. The fraction of sp³-hybridized carbons (Fsp3) is 0.412. The van der Waals surface area contributed by atoms with Crippen LogP contribution in [0.5, 0.6) is 0 Å². The number of thiophene rings is 1. The van der Waals surface area contributed by atoms with E-state index in [1.165, 1.54) is 11.3 Å². The Bertz CT molecular complexity index is 812. The third kappa shape index (κ3) is 4.24. The molecule has 3 rings (SSSR count). The molecule has 1 atom stereocenters. The van der Waals surface area contributed by atoms with Gasteiger partial charge in [0.05, 0.1) is 14.7 Å². The number of aryl methyl sites for hydroxylation is 1. The topological polar surface area (TPSA) is 83.4 Å². The second-order valence-corrected chi connectivity index (χ2v) is 9.45. The minimum atomic E-state index is -0.448. The molecule has 134 valence electrons. The highest BCUT2D eigenvalue weighted by Crippen LogP contribution is 2.41. The average molecular weight is 426 g/mol. The van der Waals surface area contributed by atoms with Crippen molar-refractivity contribution in [2.45, 2.75) is 39.7 Å². The summed E-state index contributed by atoms with van der Waals surface area (Å²) in [6, 6.07) is 4.85. The highest BCUT2D eigenvalue weighted by molar-refractivity contribution is 9.11. The number of furan rings is 1. The molecule has 0 aromatic carbocycles. The summed E-state index contributed by atoms with van der Waals surface area (Å²) >= 11 is 4.60. The van der Waals surface area contributed by atoms with Crippen molar-refractivity contribution in [1.82, 2.24) is 16.2 Å². The number of urea groups is 1. The van der Waals surface area contributed by atoms with Crippen LogP contribution in [0.25, 0.3) is 0 Å². The molecule has 2 aromatic rings. The van der Waals surface area contributed by atoms with E-state index in [1.807, 2.05) is 13.0 Å². The van der Waals surface area contributed by atoms with Crippen LogP contribution in [0, 0.1) is 12.3 Å². The van der Waals surface area contributed by atoms with E-state index in [1.54, 1.807) is 12.1 Å². The molecule has 3 amide bonds. The monoisotopic (exact) mass is 425 g/mol. The molecule has 1 unspecified atom stereocenters. The maximum atomic E-state index is 12.2. The SMILES string of the molecule is Cc1cc2c(o1)CC(C)(C)CC2NC(=O)NNC(=O)c1ccc(Br)s1. The number of hydrazine groups is 1. The normalized spacial score (nSPS) is 18.3. The molecule has 0 saturated carbocycles. The van der Waals surface area contributed by atoms with E-state index in [-0.39, 0.29) is 17.4 Å². The molecule has 0 fully saturated rings. The number of hydrogen-bond acceptors (Lipinski definition) is 4. The molecule has 3 N–H and O–H groups in total. The molecule has 1 aliphatic rings. The molecular weight excluding hydrogens is 406 g/mol. The van der Waals surface area contributed by atoms with Crippen LogP contribution in [-0.4, -0.2) is 11.9 Å². The van der Waals surface area contributed by atoms with Crippen LogP contribution in [0.2, 0.25) is 0 Å². The van der Waals surface area contributed by atoms with Gasteiger partial charge < -0.3 is 9.73 Å². The molecule has 0 radical (unpaired) electrons. The predicted molar refractivity (Wildman–Crippen MR) is 99.4 cm³/mol. The maximum absolute atomic E-state index is 12.2. The molecule has 25 heavy (non-hydrogen) atoms. The molecule has 8 heteroatoms. The smallest absolute Gasteiger partial charge is 0.333 e. The summed E-state index contributed by atoms with van der Waals surface area (Å²) in [7, 11) is 0. The zero-order chi connectivity index (χ0) is 18.2. The first-order valence-corrected chi connectivity index (χ1v) is 9.56. The molecule has 0 spiro atoms. The van der Waals surface area contributed by atoms with Gasteiger partial charge in [0.15, 0.2) is 0 Å². The van der Waals surface area contributed by atoms with Gasteiger partial charge in [0.25, 0.3) is 5.91 Å². The standard InChI is InChI=1S/C17H20BrN3O3S/c1-9-6-10-11(7-17(2,3)8-12(10)24-9)19-16(23)21-20-15(22)13-4-5-14(18)25-13/h4-6,11H,7-8H2,1-3H3,(H,20,22)(H2,19,21,23). The van der Waals surface area contributed by atoms with Gasteiger partial charge in [0.1, 0.15) is 11.5 Å². The van der Waals surface area contributed by atoms with Crippen LogP contribution < -0.4 is 16.2 Å². The largest absolute Gasteiger partial charge is 0.466 e. The van der Waals surface area contributed by atoms with E-state index < -0.39 is 6.03 Å². The zero-order valence-electron chi connectivity index (χ0n) is 14.2. The third-order valence-electron chi connectivity index (χ3n) is 4.13. The summed E-state index contributed by atoms with van der Waals surface area (Å²) in [5.74, 6) is 1.41. The molecule has 0 saturated heterocycles. The Morgan fingerprint density at radius 1 is 1.32 bits per heavy atom. The van der Waals surface area contributed by atoms with Crippen LogP contribution in [-0.2, 0) is 6.42 Å². The first-order valence-electron chi connectivity index (χ1n) is 7.95. The maximum Gasteiger partial charge on any atom is 0.333 e. The van der Waals surface area contributed by atoms with Gasteiger partial charge in [-0.3, -0.25) is 10.2 Å². The van der Waals surface area contributed by atoms with E-state index in [0.29, 0.717) is 4.88 Å². The van der Waals surface area contributed by atoms with Gasteiger partial charge in [-0.15, -0.1) is 11.3 Å². The van der Waals surface area contributed by atoms with Crippen molar-refractivity contribution in [2.75, 3.05) is 0 Å². The Hall–Kier alpha value is -1.80. The average Bonchev–Trinajstić information content (AvgIpc) is 3.09. The van der Waals surface area contributed by atoms with Crippen molar-refractivity contribution in [3.63, 3.8) is 0 Å². The lowest BCUT2D eigenvalue weighted by molar-refractivity contribution is 0.0939. The van der Waals surface area contributed by atoms with Crippen molar-refractivity contribution >= 4 is 39.2 Å². The number of carbonyl (C=O) groups excluding carboxylic acids is 2. The quantitative estimate of drug-likeness (QED) is 0.633. The van der Waals surface area contributed by atoms with Crippen molar-refractivity contribution in [3.8, 4) is 0 Å². The lowest BCUT2D eigenvalue weighted by Crippen LogP contribution is -2.48.